The number of H-pyrrole nitrogens is 1. The fourth-order valence-electron chi connectivity index (χ4n) is 4.00. The Morgan fingerprint density at radius 2 is 2.10 bits per heavy atom. The van der Waals surface area contributed by atoms with Gasteiger partial charge in [0, 0.05) is 46.2 Å². The molecule has 2 aromatic heterocycles. The number of aromatic nitrogens is 2. The zero-order valence-corrected chi connectivity index (χ0v) is 18.4. The molecule has 154 valence electrons. The Bertz CT molecular complexity index is 1270. The summed E-state index contributed by atoms with van der Waals surface area (Å²) in [7, 11) is 1.55. The van der Waals surface area contributed by atoms with Gasteiger partial charge >= 0.3 is 6.09 Å². The maximum atomic E-state index is 11.7. The highest BCUT2D eigenvalue weighted by Gasteiger charge is 2.31. The summed E-state index contributed by atoms with van der Waals surface area (Å²) in [5, 5.41) is 5.87. The van der Waals surface area contributed by atoms with Crippen LogP contribution < -0.4 is 10.2 Å². The number of nitrogens with zero attached hydrogens (tertiary/aromatic N) is 2. The third kappa shape index (κ3) is 3.47. The van der Waals surface area contributed by atoms with Crippen molar-refractivity contribution in [3.63, 3.8) is 0 Å². The number of halogens is 2. The number of carbonyl (C=O) groups excluding carboxylic acids is 1. The van der Waals surface area contributed by atoms with E-state index >= 15 is 0 Å². The lowest BCUT2D eigenvalue weighted by Gasteiger charge is -2.32. The SMILES string of the molecule is CNC(=O)OCC1CN(c2nc3ccc(Cl)cc3s2)Cc2[nH]c3ccc(Cl)cc3c21. The van der Waals surface area contributed by atoms with E-state index in [4.69, 9.17) is 32.9 Å². The summed E-state index contributed by atoms with van der Waals surface area (Å²) < 4.78 is 6.48. The third-order valence-corrected chi connectivity index (χ3v) is 6.86. The molecule has 0 saturated carbocycles. The van der Waals surface area contributed by atoms with Gasteiger partial charge < -0.3 is 19.9 Å². The first-order valence-electron chi connectivity index (χ1n) is 9.47. The standard InChI is InChI=1S/C21H18Cl2N4O2S/c1-24-21(28)29-10-11-8-27(20-26-16-5-3-13(23)7-18(16)30-20)9-17-19(11)14-6-12(22)2-4-15(14)25-17/h2-7,11,25H,8-10H2,1H3,(H,24,28). The minimum Gasteiger partial charge on any atom is -0.449 e. The molecule has 1 aliphatic heterocycles. The summed E-state index contributed by atoms with van der Waals surface area (Å²) in [5.74, 6) is -0.0196. The number of benzene rings is 2. The molecule has 1 atom stereocenters. The normalized spacial score (nSPS) is 16.1. The van der Waals surface area contributed by atoms with E-state index in [0.29, 0.717) is 23.1 Å². The number of ether oxygens (including phenoxy) is 1. The molecule has 2 aromatic carbocycles. The van der Waals surface area contributed by atoms with Crippen LogP contribution in [0.2, 0.25) is 10.0 Å². The van der Waals surface area contributed by atoms with Crippen LogP contribution in [0.5, 0.6) is 0 Å². The van der Waals surface area contributed by atoms with Gasteiger partial charge in [-0.3, -0.25) is 0 Å². The van der Waals surface area contributed by atoms with Gasteiger partial charge in [-0.1, -0.05) is 34.5 Å². The van der Waals surface area contributed by atoms with Crippen LogP contribution in [-0.2, 0) is 11.3 Å². The molecule has 0 radical (unpaired) electrons. The zero-order chi connectivity index (χ0) is 20.8. The number of carbonyl (C=O) groups is 1. The van der Waals surface area contributed by atoms with Crippen molar-refractivity contribution in [2.24, 2.45) is 0 Å². The van der Waals surface area contributed by atoms with Gasteiger partial charge in [0.1, 0.15) is 6.61 Å². The summed E-state index contributed by atoms with van der Waals surface area (Å²) in [6.07, 6.45) is -0.443. The summed E-state index contributed by atoms with van der Waals surface area (Å²) in [6.45, 7) is 1.63. The molecule has 0 bridgehead atoms. The topological polar surface area (TPSA) is 70.2 Å². The van der Waals surface area contributed by atoms with Crippen molar-refractivity contribution in [1.29, 1.82) is 0 Å². The molecule has 0 spiro atoms. The molecule has 6 nitrogen and oxygen atoms in total. The predicted molar refractivity (Wildman–Crippen MR) is 122 cm³/mol. The maximum Gasteiger partial charge on any atom is 0.406 e. The van der Waals surface area contributed by atoms with E-state index < -0.39 is 6.09 Å². The first kappa shape index (κ1) is 19.5. The number of nitrogens with one attached hydrogen (secondary N) is 2. The van der Waals surface area contributed by atoms with Crippen LogP contribution in [0.1, 0.15) is 17.2 Å². The number of anilines is 1. The molecule has 2 N–H and O–H groups in total. The lowest BCUT2D eigenvalue weighted by molar-refractivity contribution is 0.140. The number of alkyl carbamates (subject to hydrolysis) is 1. The molecule has 1 aliphatic rings. The lowest BCUT2D eigenvalue weighted by Crippen LogP contribution is -2.36. The molecule has 3 heterocycles. The summed E-state index contributed by atoms with van der Waals surface area (Å²) in [5.41, 5.74) is 4.18. The molecule has 0 aliphatic carbocycles. The van der Waals surface area contributed by atoms with Crippen molar-refractivity contribution in [2.45, 2.75) is 12.5 Å². The van der Waals surface area contributed by atoms with Crippen LogP contribution in [-0.4, -0.2) is 36.3 Å². The number of fused-ring (bicyclic) bond motifs is 4. The molecule has 0 fully saturated rings. The Kier molecular flexibility index (Phi) is 4.97. The van der Waals surface area contributed by atoms with Crippen LogP contribution in [0, 0.1) is 0 Å². The summed E-state index contributed by atoms with van der Waals surface area (Å²) in [4.78, 5) is 22.3. The van der Waals surface area contributed by atoms with E-state index in [1.54, 1.807) is 18.4 Å². The first-order chi connectivity index (χ1) is 14.5. The van der Waals surface area contributed by atoms with Crippen LogP contribution in [0.3, 0.4) is 0 Å². The van der Waals surface area contributed by atoms with Gasteiger partial charge in [-0.05, 0) is 42.0 Å². The number of aromatic amines is 1. The van der Waals surface area contributed by atoms with E-state index in [0.717, 1.165) is 37.5 Å². The highest BCUT2D eigenvalue weighted by atomic mass is 35.5. The summed E-state index contributed by atoms with van der Waals surface area (Å²) >= 11 is 14.0. The van der Waals surface area contributed by atoms with Gasteiger partial charge in [-0.25, -0.2) is 9.78 Å². The molecule has 4 aromatic rings. The Balaban J connectivity index is 1.55. The van der Waals surface area contributed by atoms with Crippen molar-refractivity contribution in [3.8, 4) is 0 Å². The molecule has 9 heteroatoms. The van der Waals surface area contributed by atoms with E-state index in [2.05, 4.69) is 15.2 Å². The van der Waals surface area contributed by atoms with E-state index in [-0.39, 0.29) is 12.5 Å². The number of rotatable bonds is 3. The van der Waals surface area contributed by atoms with Crippen LogP contribution in [0.4, 0.5) is 9.93 Å². The van der Waals surface area contributed by atoms with Crippen molar-refractivity contribution >= 4 is 66.9 Å². The Labute approximate surface area is 186 Å². The predicted octanol–water partition coefficient (Wildman–Crippen LogP) is 5.54. The number of hydrogen-bond acceptors (Lipinski definition) is 5. The number of amides is 1. The average Bonchev–Trinajstić information content (AvgIpc) is 3.32. The van der Waals surface area contributed by atoms with Gasteiger partial charge in [0.05, 0.1) is 16.8 Å². The molecule has 1 unspecified atom stereocenters. The van der Waals surface area contributed by atoms with Gasteiger partial charge in [0.15, 0.2) is 5.13 Å². The largest absolute Gasteiger partial charge is 0.449 e. The van der Waals surface area contributed by atoms with Gasteiger partial charge in [-0.2, -0.15) is 0 Å². The lowest BCUT2D eigenvalue weighted by atomic mass is 9.92. The molecular formula is C21H18Cl2N4O2S. The second-order valence-electron chi connectivity index (χ2n) is 7.24. The monoisotopic (exact) mass is 460 g/mol. The second-order valence-corrected chi connectivity index (χ2v) is 9.12. The third-order valence-electron chi connectivity index (χ3n) is 5.31. The minimum atomic E-state index is -0.443. The quantitative estimate of drug-likeness (QED) is 0.420. The Hall–Kier alpha value is -2.48. The van der Waals surface area contributed by atoms with Crippen molar-refractivity contribution in [2.75, 3.05) is 25.1 Å². The second kappa shape index (κ2) is 7.65. The van der Waals surface area contributed by atoms with Crippen LogP contribution >= 0.6 is 34.5 Å². The van der Waals surface area contributed by atoms with Gasteiger partial charge in [0.2, 0.25) is 0 Å². The molecule has 5 rings (SSSR count). The Morgan fingerprint density at radius 1 is 1.30 bits per heavy atom. The van der Waals surface area contributed by atoms with Crippen LogP contribution in [0.15, 0.2) is 36.4 Å². The van der Waals surface area contributed by atoms with E-state index in [9.17, 15) is 4.79 Å². The first-order valence-corrected chi connectivity index (χ1v) is 11.0. The number of hydrogen-bond donors (Lipinski definition) is 2. The highest BCUT2D eigenvalue weighted by molar-refractivity contribution is 7.22. The fourth-order valence-corrected chi connectivity index (χ4v) is 5.42. The van der Waals surface area contributed by atoms with E-state index in [1.807, 2.05) is 36.4 Å². The smallest absolute Gasteiger partial charge is 0.406 e. The Morgan fingerprint density at radius 3 is 2.93 bits per heavy atom. The number of thiazole rings is 1. The average molecular weight is 461 g/mol. The van der Waals surface area contributed by atoms with Crippen molar-refractivity contribution in [1.82, 2.24) is 15.3 Å². The minimum absolute atomic E-state index is 0.0196. The van der Waals surface area contributed by atoms with Crippen LogP contribution in [0.25, 0.3) is 21.1 Å². The molecule has 0 saturated heterocycles. The molecule has 30 heavy (non-hydrogen) atoms. The zero-order valence-electron chi connectivity index (χ0n) is 16.0. The van der Waals surface area contributed by atoms with Gasteiger partial charge in [0.25, 0.3) is 0 Å². The maximum absolute atomic E-state index is 11.7. The van der Waals surface area contributed by atoms with E-state index in [1.165, 1.54) is 0 Å². The highest BCUT2D eigenvalue weighted by Crippen LogP contribution is 2.40. The van der Waals surface area contributed by atoms with Crippen molar-refractivity contribution < 1.29 is 9.53 Å². The molecule has 1 amide bonds. The van der Waals surface area contributed by atoms with Gasteiger partial charge in [-0.15, -0.1) is 0 Å². The van der Waals surface area contributed by atoms with Crippen molar-refractivity contribution in [3.05, 3.63) is 57.7 Å². The summed E-state index contributed by atoms with van der Waals surface area (Å²) in [6, 6.07) is 11.5. The fraction of sp³-hybridized carbons (Fsp3) is 0.238. The molecular weight excluding hydrogens is 443 g/mol.